The van der Waals surface area contributed by atoms with Gasteiger partial charge in [0.1, 0.15) is 17.1 Å². The molecule has 0 saturated carbocycles. The molecule has 3 N–H and O–H groups in total. The van der Waals surface area contributed by atoms with E-state index in [9.17, 15) is 9.90 Å². The average Bonchev–Trinajstić information content (AvgIpc) is 2.82. The van der Waals surface area contributed by atoms with Crippen molar-refractivity contribution in [2.45, 2.75) is 19.9 Å². The Balaban J connectivity index is 1.98. The van der Waals surface area contributed by atoms with Crippen LogP contribution in [0.5, 0.6) is 5.75 Å². The maximum atomic E-state index is 11.9. The van der Waals surface area contributed by atoms with Crippen LogP contribution in [0.4, 0.5) is 17.5 Å². The quantitative estimate of drug-likeness (QED) is 0.432. The third-order valence-electron chi connectivity index (χ3n) is 4.88. The zero-order valence-corrected chi connectivity index (χ0v) is 18.5. The highest BCUT2D eigenvalue weighted by atomic mass is 16.5. The molecule has 0 amide bonds. The van der Waals surface area contributed by atoms with Crippen LogP contribution in [0.1, 0.15) is 24.2 Å². The first kappa shape index (κ1) is 23.0. The van der Waals surface area contributed by atoms with Gasteiger partial charge in [-0.2, -0.15) is 4.98 Å². The lowest BCUT2D eigenvalue weighted by Gasteiger charge is -2.20. The van der Waals surface area contributed by atoms with E-state index in [2.05, 4.69) is 25.6 Å². The molecule has 0 unspecified atom stereocenters. The second kappa shape index (κ2) is 10.5. The number of methoxy groups -OCH3 is 2. The van der Waals surface area contributed by atoms with E-state index in [0.29, 0.717) is 34.5 Å². The van der Waals surface area contributed by atoms with Gasteiger partial charge in [0.15, 0.2) is 0 Å². The average molecular weight is 438 g/mol. The molecule has 0 bridgehead atoms. The molecule has 2 heterocycles. The van der Waals surface area contributed by atoms with Gasteiger partial charge in [0.2, 0.25) is 5.95 Å². The Morgan fingerprint density at radius 2 is 1.97 bits per heavy atom. The number of benzene rings is 1. The predicted molar refractivity (Wildman–Crippen MR) is 122 cm³/mol. The first-order chi connectivity index (χ1) is 15.4. The standard InChI is InChI=1S/C23H27N5O4/c1-14(2)19(13-29)27-23-26-18(15-6-5-9-24-12-15)11-21(28-23)25-16-7-8-17(22(30)32-4)20(10-16)31-3/h5-12,14,19,29H,13H2,1-4H3,(H2,25,26,27,28)/t19-/m0/s1. The fourth-order valence-corrected chi connectivity index (χ4v) is 3.02. The molecule has 3 rings (SSSR count). The van der Waals surface area contributed by atoms with Crippen LogP contribution in [0.15, 0.2) is 48.8 Å². The van der Waals surface area contributed by atoms with Crippen LogP contribution >= 0.6 is 0 Å². The zero-order chi connectivity index (χ0) is 23.1. The maximum absolute atomic E-state index is 11.9. The molecule has 0 saturated heterocycles. The number of pyridine rings is 1. The summed E-state index contributed by atoms with van der Waals surface area (Å²) < 4.78 is 10.1. The van der Waals surface area contributed by atoms with Gasteiger partial charge >= 0.3 is 5.97 Å². The summed E-state index contributed by atoms with van der Waals surface area (Å²) in [4.78, 5) is 25.2. The molecule has 0 radical (unpaired) electrons. The largest absolute Gasteiger partial charge is 0.496 e. The number of hydrogen-bond donors (Lipinski definition) is 3. The SMILES string of the molecule is COC(=O)c1ccc(Nc2cc(-c3cccnc3)nc(N[C@@H](CO)C(C)C)n2)cc1OC. The number of aliphatic hydroxyl groups is 1. The van der Waals surface area contributed by atoms with E-state index in [4.69, 9.17) is 9.47 Å². The van der Waals surface area contributed by atoms with E-state index >= 15 is 0 Å². The van der Waals surface area contributed by atoms with Crippen molar-refractivity contribution in [1.29, 1.82) is 0 Å². The third kappa shape index (κ3) is 5.50. The van der Waals surface area contributed by atoms with E-state index in [0.717, 1.165) is 5.56 Å². The molecular weight excluding hydrogens is 410 g/mol. The van der Waals surface area contributed by atoms with Crippen molar-refractivity contribution in [3.8, 4) is 17.0 Å². The van der Waals surface area contributed by atoms with E-state index in [-0.39, 0.29) is 18.6 Å². The molecule has 1 aromatic carbocycles. The van der Waals surface area contributed by atoms with Crippen LogP contribution in [0.25, 0.3) is 11.3 Å². The number of nitrogens with one attached hydrogen (secondary N) is 2. The van der Waals surface area contributed by atoms with Crippen LogP contribution in [0.2, 0.25) is 0 Å². The Morgan fingerprint density at radius 3 is 2.59 bits per heavy atom. The van der Waals surface area contributed by atoms with Crippen LogP contribution in [-0.4, -0.2) is 52.9 Å². The second-order valence-electron chi connectivity index (χ2n) is 7.41. The lowest BCUT2D eigenvalue weighted by molar-refractivity contribution is 0.0597. The summed E-state index contributed by atoms with van der Waals surface area (Å²) in [6.45, 7) is 3.97. The van der Waals surface area contributed by atoms with Gasteiger partial charge in [-0.15, -0.1) is 0 Å². The lowest BCUT2D eigenvalue weighted by atomic mass is 10.1. The van der Waals surface area contributed by atoms with E-state index in [1.165, 1.54) is 14.2 Å². The van der Waals surface area contributed by atoms with Crippen LogP contribution < -0.4 is 15.4 Å². The van der Waals surface area contributed by atoms with Crippen molar-refractivity contribution in [2.75, 3.05) is 31.5 Å². The Hall–Kier alpha value is -3.72. The number of hydrogen-bond acceptors (Lipinski definition) is 9. The fraction of sp³-hybridized carbons (Fsp3) is 0.304. The number of nitrogens with zero attached hydrogens (tertiary/aromatic N) is 3. The molecule has 0 aliphatic carbocycles. The van der Waals surface area contributed by atoms with Gasteiger partial charge in [-0.25, -0.2) is 9.78 Å². The summed E-state index contributed by atoms with van der Waals surface area (Å²) in [5.41, 5.74) is 2.48. The highest BCUT2D eigenvalue weighted by Gasteiger charge is 2.16. The van der Waals surface area contributed by atoms with Crippen LogP contribution in [0, 0.1) is 5.92 Å². The van der Waals surface area contributed by atoms with Gasteiger partial charge in [-0.1, -0.05) is 13.8 Å². The van der Waals surface area contributed by atoms with Gasteiger partial charge in [-0.05, 0) is 30.2 Å². The molecule has 0 spiro atoms. The normalized spacial score (nSPS) is 11.7. The number of carbonyl (C=O) groups excluding carboxylic acids is 1. The van der Waals surface area contributed by atoms with E-state index in [1.807, 2.05) is 26.0 Å². The highest BCUT2D eigenvalue weighted by molar-refractivity contribution is 5.93. The topological polar surface area (TPSA) is 118 Å². The third-order valence-corrected chi connectivity index (χ3v) is 4.88. The van der Waals surface area contributed by atoms with Crippen molar-refractivity contribution >= 4 is 23.4 Å². The van der Waals surface area contributed by atoms with Crippen LogP contribution in [-0.2, 0) is 4.74 Å². The summed E-state index contributed by atoms with van der Waals surface area (Å²) in [5.74, 6) is 0.970. The summed E-state index contributed by atoms with van der Waals surface area (Å²) in [6, 6.07) is 10.4. The number of carbonyl (C=O) groups is 1. The first-order valence-electron chi connectivity index (χ1n) is 10.2. The van der Waals surface area contributed by atoms with E-state index < -0.39 is 5.97 Å². The first-order valence-corrected chi connectivity index (χ1v) is 10.2. The minimum absolute atomic E-state index is 0.0485. The Morgan fingerprint density at radius 1 is 1.16 bits per heavy atom. The van der Waals surface area contributed by atoms with Gasteiger partial charge in [-0.3, -0.25) is 4.98 Å². The smallest absolute Gasteiger partial charge is 0.341 e. The predicted octanol–water partition coefficient (Wildman–Crippen LogP) is 3.51. The van der Waals surface area contributed by atoms with Crippen molar-refractivity contribution in [3.05, 3.63) is 54.4 Å². The fourth-order valence-electron chi connectivity index (χ4n) is 3.02. The zero-order valence-electron chi connectivity index (χ0n) is 18.5. The number of rotatable bonds is 9. The Bertz CT molecular complexity index is 1060. The molecular formula is C23H27N5O4. The summed E-state index contributed by atoms with van der Waals surface area (Å²) in [5, 5.41) is 16.1. The number of ether oxygens (including phenoxy) is 2. The number of aromatic nitrogens is 3. The molecule has 0 aliphatic rings. The minimum atomic E-state index is -0.482. The van der Waals surface area contributed by atoms with Crippen molar-refractivity contribution < 1.29 is 19.4 Å². The molecule has 9 nitrogen and oxygen atoms in total. The number of anilines is 3. The Labute approximate surface area is 186 Å². The monoisotopic (exact) mass is 437 g/mol. The van der Waals surface area contributed by atoms with Gasteiger partial charge in [0, 0.05) is 35.8 Å². The minimum Gasteiger partial charge on any atom is -0.496 e. The molecule has 1 atom stereocenters. The molecule has 3 aromatic rings. The van der Waals surface area contributed by atoms with Gasteiger partial charge in [0.25, 0.3) is 0 Å². The molecule has 9 heteroatoms. The lowest BCUT2D eigenvalue weighted by Crippen LogP contribution is -2.30. The van der Waals surface area contributed by atoms with Gasteiger partial charge in [0.05, 0.1) is 32.6 Å². The summed E-state index contributed by atoms with van der Waals surface area (Å²) in [6.07, 6.45) is 3.41. The number of esters is 1. The van der Waals surface area contributed by atoms with Crippen molar-refractivity contribution in [2.24, 2.45) is 5.92 Å². The highest BCUT2D eigenvalue weighted by Crippen LogP contribution is 2.28. The van der Waals surface area contributed by atoms with Crippen molar-refractivity contribution in [3.63, 3.8) is 0 Å². The molecule has 2 aromatic heterocycles. The van der Waals surface area contributed by atoms with E-state index in [1.54, 1.807) is 36.7 Å². The summed E-state index contributed by atoms with van der Waals surface area (Å²) >= 11 is 0. The van der Waals surface area contributed by atoms with Crippen molar-refractivity contribution in [1.82, 2.24) is 15.0 Å². The molecule has 0 aliphatic heterocycles. The summed E-state index contributed by atoms with van der Waals surface area (Å²) in [7, 11) is 2.81. The molecule has 0 fully saturated rings. The molecule has 32 heavy (non-hydrogen) atoms. The van der Waals surface area contributed by atoms with Gasteiger partial charge < -0.3 is 25.2 Å². The molecule has 168 valence electrons. The Kier molecular flexibility index (Phi) is 7.56. The number of aliphatic hydroxyl groups excluding tert-OH is 1. The second-order valence-corrected chi connectivity index (χ2v) is 7.41. The maximum Gasteiger partial charge on any atom is 0.341 e. The van der Waals surface area contributed by atoms with Crippen LogP contribution in [0.3, 0.4) is 0 Å².